The number of aliphatic imine (C=N–C) groups is 1. The summed E-state index contributed by atoms with van der Waals surface area (Å²) in [4.78, 5) is 4.27. The Bertz CT molecular complexity index is 492. The molecular weight excluding hydrogens is 250 g/mol. The Morgan fingerprint density at radius 3 is 2.60 bits per heavy atom. The maximum Gasteiger partial charge on any atom is 0.191 e. The third kappa shape index (κ3) is 3.73. The van der Waals surface area contributed by atoms with Gasteiger partial charge in [0.05, 0.1) is 13.2 Å². The van der Waals surface area contributed by atoms with Crippen LogP contribution in [0.25, 0.3) is 0 Å². The van der Waals surface area contributed by atoms with Crippen LogP contribution in [0.15, 0.2) is 23.2 Å². The average molecular weight is 275 g/mol. The maximum atomic E-state index is 5.26. The van der Waals surface area contributed by atoms with E-state index in [-0.39, 0.29) is 5.41 Å². The highest BCUT2D eigenvalue weighted by atomic mass is 16.5. The van der Waals surface area contributed by atoms with Crippen molar-refractivity contribution in [2.24, 2.45) is 10.4 Å². The summed E-state index contributed by atoms with van der Waals surface area (Å²) in [6, 6.07) is 6.53. The molecule has 0 aromatic heterocycles. The van der Waals surface area contributed by atoms with Gasteiger partial charge in [-0.1, -0.05) is 30.7 Å². The molecule has 1 heterocycles. The largest absolute Gasteiger partial charge is 0.380 e. The first kappa shape index (κ1) is 14.9. The number of hydrogen-bond donors (Lipinski definition) is 2. The summed E-state index contributed by atoms with van der Waals surface area (Å²) in [5.74, 6) is 0.845. The lowest BCUT2D eigenvalue weighted by molar-refractivity contribution is -0.0971. The first-order valence-corrected chi connectivity index (χ1v) is 7.11. The summed E-state index contributed by atoms with van der Waals surface area (Å²) < 4.78 is 5.26. The fourth-order valence-electron chi connectivity index (χ4n) is 2.29. The van der Waals surface area contributed by atoms with Crippen molar-refractivity contribution in [3.63, 3.8) is 0 Å². The van der Waals surface area contributed by atoms with Gasteiger partial charge < -0.3 is 15.4 Å². The van der Waals surface area contributed by atoms with E-state index in [9.17, 15) is 0 Å². The predicted molar refractivity (Wildman–Crippen MR) is 83.0 cm³/mol. The minimum atomic E-state index is 0.247. The van der Waals surface area contributed by atoms with Crippen LogP contribution < -0.4 is 10.6 Å². The Kier molecular flexibility index (Phi) is 4.65. The zero-order valence-corrected chi connectivity index (χ0v) is 12.9. The third-order valence-corrected chi connectivity index (χ3v) is 3.75. The van der Waals surface area contributed by atoms with Crippen LogP contribution in [0.4, 0.5) is 0 Å². The number of nitrogens with one attached hydrogen (secondary N) is 2. The Hall–Kier alpha value is -1.55. The Morgan fingerprint density at radius 2 is 2.05 bits per heavy atom. The van der Waals surface area contributed by atoms with Crippen molar-refractivity contribution in [1.82, 2.24) is 10.6 Å². The van der Waals surface area contributed by atoms with Crippen LogP contribution >= 0.6 is 0 Å². The van der Waals surface area contributed by atoms with Crippen LogP contribution in [-0.2, 0) is 11.3 Å². The minimum Gasteiger partial charge on any atom is -0.380 e. The van der Waals surface area contributed by atoms with Gasteiger partial charge in [0.2, 0.25) is 0 Å². The van der Waals surface area contributed by atoms with Crippen molar-refractivity contribution in [2.75, 3.05) is 26.8 Å². The van der Waals surface area contributed by atoms with E-state index in [1.165, 1.54) is 16.7 Å². The van der Waals surface area contributed by atoms with E-state index in [1.54, 1.807) is 7.05 Å². The first-order valence-electron chi connectivity index (χ1n) is 7.11. The normalized spacial score (nSPS) is 17.5. The molecule has 0 atom stereocenters. The average Bonchev–Trinajstić information content (AvgIpc) is 2.38. The molecule has 1 aromatic carbocycles. The molecule has 0 radical (unpaired) electrons. The lowest BCUT2D eigenvalue weighted by Gasteiger charge is -2.38. The molecule has 0 saturated carbocycles. The predicted octanol–water partition coefficient (Wildman–Crippen LogP) is 2.00. The summed E-state index contributed by atoms with van der Waals surface area (Å²) in [7, 11) is 1.80. The Balaban J connectivity index is 1.84. The zero-order chi connectivity index (χ0) is 14.6. The van der Waals surface area contributed by atoms with Crippen LogP contribution in [-0.4, -0.2) is 32.8 Å². The summed E-state index contributed by atoms with van der Waals surface area (Å²) in [6.07, 6.45) is 0. The molecule has 0 aliphatic carbocycles. The van der Waals surface area contributed by atoms with E-state index in [0.29, 0.717) is 0 Å². The van der Waals surface area contributed by atoms with E-state index >= 15 is 0 Å². The summed E-state index contributed by atoms with van der Waals surface area (Å²) in [5.41, 5.74) is 4.16. The van der Waals surface area contributed by atoms with Crippen molar-refractivity contribution in [2.45, 2.75) is 27.3 Å². The second-order valence-electron chi connectivity index (χ2n) is 6.01. The van der Waals surface area contributed by atoms with Crippen molar-refractivity contribution < 1.29 is 4.74 Å². The Morgan fingerprint density at radius 1 is 1.30 bits per heavy atom. The SMILES string of the molecule is CN=C(NCc1ccc(C)cc1C)NCC1(C)COC1. The summed E-state index contributed by atoms with van der Waals surface area (Å²) in [6.45, 7) is 9.82. The van der Waals surface area contributed by atoms with Gasteiger partial charge in [-0.3, -0.25) is 4.99 Å². The van der Waals surface area contributed by atoms with E-state index in [2.05, 4.69) is 54.6 Å². The van der Waals surface area contributed by atoms with Gasteiger partial charge in [-0.25, -0.2) is 0 Å². The van der Waals surface area contributed by atoms with Gasteiger partial charge in [-0.05, 0) is 25.0 Å². The molecule has 4 heteroatoms. The second kappa shape index (κ2) is 6.27. The molecule has 1 saturated heterocycles. The quantitative estimate of drug-likeness (QED) is 0.652. The van der Waals surface area contributed by atoms with Gasteiger partial charge in [-0.2, -0.15) is 0 Å². The molecule has 1 aliphatic rings. The maximum absolute atomic E-state index is 5.26. The van der Waals surface area contributed by atoms with Crippen molar-refractivity contribution in [3.05, 3.63) is 34.9 Å². The highest BCUT2D eigenvalue weighted by Crippen LogP contribution is 2.24. The number of benzene rings is 1. The first-order chi connectivity index (χ1) is 9.52. The molecule has 1 aliphatic heterocycles. The van der Waals surface area contributed by atoms with Crippen LogP contribution in [0.3, 0.4) is 0 Å². The van der Waals surface area contributed by atoms with E-state index in [1.807, 2.05) is 0 Å². The van der Waals surface area contributed by atoms with Crippen LogP contribution in [0.5, 0.6) is 0 Å². The van der Waals surface area contributed by atoms with Crippen LogP contribution in [0.1, 0.15) is 23.6 Å². The summed E-state index contributed by atoms with van der Waals surface area (Å²) in [5, 5.41) is 6.74. The third-order valence-electron chi connectivity index (χ3n) is 3.75. The number of nitrogens with zero attached hydrogens (tertiary/aromatic N) is 1. The minimum absolute atomic E-state index is 0.247. The van der Waals surface area contributed by atoms with Crippen LogP contribution in [0, 0.1) is 19.3 Å². The second-order valence-corrected chi connectivity index (χ2v) is 6.01. The number of guanidine groups is 1. The van der Waals surface area contributed by atoms with Crippen molar-refractivity contribution in [1.29, 1.82) is 0 Å². The van der Waals surface area contributed by atoms with E-state index in [4.69, 9.17) is 4.74 Å². The molecule has 0 amide bonds. The molecule has 1 aromatic rings. The molecular formula is C16H25N3O. The molecule has 110 valence electrons. The number of ether oxygens (including phenoxy) is 1. The lowest BCUT2D eigenvalue weighted by Crippen LogP contribution is -2.50. The number of rotatable bonds is 4. The van der Waals surface area contributed by atoms with Crippen molar-refractivity contribution >= 4 is 5.96 Å². The highest BCUT2D eigenvalue weighted by molar-refractivity contribution is 5.79. The smallest absolute Gasteiger partial charge is 0.191 e. The van der Waals surface area contributed by atoms with Gasteiger partial charge in [0.25, 0.3) is 0 Å². The van der Waals surface area contributed by atoms with Gasteiger partial charge >= 0.3 is 0 Å². The zero-order valence-electron chi connectivity index (χ0n) is 12.9. The molecule has 2 N–H and O–H groups in total. The molecule has 0 spiro atoms. The molecule has 20 heavy (non-hydrogen) atoms. The number of aryl methyl sites for hydroxylation is 2. The molecule has 4 nitrogen and oxygen atoms in total. The van der Waals surface area contributed by atoms with Gasteiger partial charge in [0, 0.05) is 25.6 Å². The van der Waals surface area contributed by atoms with Gasteiger partial charge in [0.1, 0.15) is 0 Å². The summed E-state index contributed by atoms with van der Waals surface area (Å²) >= 11 is 0. The fraction of sp³-hybridized carbons (Fsp3) is 0.562. The Labute approximate surface area is 121 Å². The van der Waals surface area contributed by atoms with E-state index < -0.39 is 0 Å². The van der Waals surface area contributed by atoms with Gasteiger partial charge in [-0.15, -0.1) is 0 Å². The van der Waals surface area contributed by atoms with Crippen molar-refractivity contribution in [3.8, 4) is 0 Å². The highest BCUT2D eigenvalue weighted by Gasteiger charge is 2.33. The molecule has 2 rings (SSSR count). The number of hydrogen-bond acceptors (Lipinski definition) is 2. The molecule has 0 unspecified atom stereocenters. The topological polar surface area (TPSA) is 45.7 Å². The standard InChI is InChI=1S/C16H25N3O/c1-12-5-6-14(13(2)7-12)8-18-15(17-4)19-9-16(3)10-20-11-16/h5-7H,8-11H2,1-4H3,(H2,17,18,19). The lowest BCUT2D eigenvalue weighted by atomic mass is 9.89. The molecule has 1 fully saturated rings. The monoisotopic (exact) mass is 275 g/mol. The van der Waals surface area contributed by atoms with Crippen LogP contribution in [0.2, 0.25) is 0 Å². The molecule has 0 bridgehead atoms. The van der Waals surface area contributed by atoms with Gasteiger partial charge in [0.15, 0.2) is 5.96 Å². The fourth-order valence-corrected chi connectivity index (χ4v) is 2.29. The van der Waals surface area contributed by atoms with E-state index in [0.717, 1.165) is 32.3 Å².